The Morgan fingerprint density at radius 3 is 1.43 bits per heavy atom. The quantitative estimate of drug-likeness (QED) is 0.265. The van der Waals surface area contributed by atoms with Crippen LogP contribution in [0.3, 0.4) is 0 Å². The molecular formula is C13H3Cl4F3N4O6. The number of rotatable bonds is 5. The maximum Gasteiger partial charge on any atom is 0.419 e. The van der Waals surface area contributed by atoms with Crippen LogP contribution in [0.25, 0.3) is 0 Å². The van der Waals surface area contributed by atoms with Gasteiger partial charge in [0.05, 0.1) is 58.2 Å². The van der Waals surface area contributed by atoms with Crippen LogP contribution in [0.2, 0.25) is 20.1 Å². The lowest BCUT2D eigenvalue weighted by atomic mass is 10.1. The standard InChI is InChI=1S/C13H3Cl4F3N4O6/c14-7-6(13(18,19)20)8(15)10(17)12(9(7)16)21-11-4(23(27)28)1-3(22(25)26)2-5(11)24(29)30/h1-2,21H. The number of halogens is 7. The van der Waals surface area contributed by atoms with Gasteiger partial charge in [-0.15, -0.1) is 0 Å². The maximum absolute atomic E-state index is 13.1. The van der Waals surface area contributed by atoms with Crippen LogP contribution in [0.15, 0.2) is 12.1 Å². The molecule has 2 rings (SSSR count). The third-order valence-corrected chi connectivity index (χ3v) is 5.19. The fourth-order valence-corrected chi connectivity index (χ4v) is 3.40. The first-order chi connectivity index (χ1) is 13.7. The molecule has 10 nitrogen and oxygen atoms in total. The number of non-ortho nitro benzene ring substituents is 1. The molecular weight excluding hydrogens is 507 g/mol. The highest BCUT2D eigenvalue weighted by Gasteiger charge is 2.40. The Balaban J connectivity index is 2.85. The lowest BCUT2D eigenvalue weighted by molar-refractivity contribution is -0.401. The number of benzene rings is 2. The van der Waals surface area contributed by atoms with Crippen molar-refractivity contribution in [3.63, 3.8) is 0 Å². The summed E-state index contributed by atoms with van der Waals surface area (Å²) in [6, 6.07) is 0.787. The summed E-state index contributed by atoms with van der Waals surface area (Å²) < 4.78 is 39.4. The highest BCUT2D eigenvalue weighted by Crippen LogP contribution is 2.52. The fourth-order valence-electron chi connectivity index (χ4n) is 2.23. The number of nitro groups is 3. The molecule has 0 aromatic heterocycles. The molecule has 30 heavy (non-hydrogen) atoms. The van der Waals surface area contributed by atoms with Crippen molar-refractivity contribution in [3.05, 3.63) is 68.1 Å². The van der Waals surface area contributed by atoms with Crippen molar-refractivity contribution in [1.82, 2.24) is 0 Å². The third-order valence-electron chi connectivity index (χ3n) is 3.48. The lowest BCUT2D eigenvalue weighted by Crippen LogP contribution is -2.10. The molecule has 0 aliphatic carbocycles. The molecule has 0 bridgehead atoms. The molecule has 0 heterocycles. The second-order valence-electron chi connectivity index (χ2n) is 5.26. The van der Waals surface area contributed by atoms with Crippen LogP contribution in [-0.4, -0.2) is 14.8 Å². The first-order valence-electron chi connectivity index (χ1n) is 6.99. The fraction of sp³-hybridized carbons (Fsp3) is 0.0769. The van der Waals surface area contributed by atoms with Crippen molar-refractivity contribution in [2.45, 2.75) is 6.18 Å². The molecule has 0 unspecified atom stereocenters. The molecule has 17 heteroatoms. The molecule has 160 valence electrons. The zero-order valence-corrected chi connectivity index (χ0v) is 16.6. The monoisotopic (exact) mass is 508 g/mol. The Labute approximate surface area is 182 Å². The zero-order valence-electron chi connectivity index (χ0n) is 13.6. The van der Waals surface area contributed by atoms with Gasteiger partial charge in [-0.3, -0.25) is 30.3 Å². The van der Waals surface area contributed by atoms with E-state index in [2.05, 4.69) is 5.32 Å². The predicted molar refractivity (Wildman–Crippen MR) is 101 cm³/mol. The van der Waals surface area contributed by atoms with Gasteiger partial charge in [-0.2, -0.15) is 13.2 Å². The molecule has 0 fully saturated rings. The van der Waals surface area contributed by atoms with Crippen molar-refractivity contribution in [2.75, 3.05) is 5.32 Å². The van der Waals surface area contributed by atoms with E-state index in [9.17, 15) is 43.5 Å². The summed E-state index contributed by atoms with van der Waals surface area (Å²) in [5.41, 5.74) is -6.57. The normalized spacial score (nSPS) is 11.3. The van der Waals surface area contributed by atoms with Crippen molar-refractivity contribution in [2.24, 2.45) is 0 Å². The molecule has 0 atom stereocenters. The van der Waals surface area contributed by atoms with Crippen LogP contribution in [0.1, 0.15) is 5.56 Å². The predicted octanol–water partition coefficient (Wildman–Crippen LogP) is 6.79. The molecule has 2 aromatic rings. The number of hydrogen-bond donors (Lipinski definition) is 1. The van der Waals surface area contributed by atoms with Gasteiger partial charge in [0.2, 0.25) is 0 Å². The molecule has 0 aliphatic heterocycles. The second-order valence-corrected chi connectivity index (χ2v) is 6.77. The molecule has 0 spiro atoms. The van der Waals surface area contributed by atoms with Crippen LogP contribution in [-0.2, 0) is 6.18 Å². The van der Waals surface area contributed by atoms with Crippen molar-refractivity contribution < 1.29 is 27.9 Å². The molecule has 0 saturated heterocycles. The minimum Gasteiger partial charge on any atom is -0.342 e. The summed E-state index contributed by atoms with van der Waals surface area (Å²) in [4.78, 5) is 30.0. The lowest BCUT2D eigenvalue weighted by Gasteiger charge is -2.18. The molecule has 0 amide bonds. The van der Waals surface area contributed by atoms with E-state index in [1.165, 1.54) is 0 Å². The van der Waals surface area contributed by atoms with Gasteiger partial charge in [0.15, 0.2) is 5.69 Å². The van der Waals surface area contributed by atoms with Gasteiger partial charge in [-0.1, -0.05) is 46.4 Å². The topological polar surface area (TPSA) is 141 Å². The highest BCUT2D eigenvalue weighted by molar-refractivity contribution is 6.51. The summed E-state index contributed by atoms with van der Waals surface area (Å²) in [5.74, 6) is 0. The number of nitrogens with zero attached hydrogens (tertiary/aromatic N) is 3. The number of alkyl halides is 3. The molecule has 2 aromatic carbocycles. The largest absolute Gasteiger partial charge is 0.419 e. The molecule has 0 aliphatic rings. The third kappa shape index (κ3) is 4.28. The van der Waals surface area contributed by atoms with Crippen LogP contribution in [0.5, 0.6) is 0 Å². The van der Waals surface area contributed by atoms with Crippen LogP contribution in [0.4, 0.5) is 41.6 Å². The van der Waals surface area contributed by atoms with Crippen LogP contribution < -0.4 is 5.32 Å². The minimum atomic E-state index is -5.08. The van der Waals surface area contributed by atoms with E-state index in [4.69, 9.17) is 46.4 Å². The van der Waals surface area contributed by atoms with E-state index in [0.717, 1.165) is 0 Å². The van der Waals surface area contributed by atoms with Crippen molar-refractivity contribution in [3.8, 4) is 0 Å². The molecule has 0 saturated carbocycles. The van der Waals surface area contributed by atoms with Gasteiger partial charge in [-0.05, 0) is 0 Å². The summed E-state index contributed by atoms with van der Waals surface area (Å²) in [6.07, 6.45) is -5.08. The van der Waals surface area contributed by atoms with Crippen LogP contribution >= 0.6 is 46.4 Å². The smallest absolute Gasteiger partial charge is 0.342 e. The summed E-state index contributed by atoms with van der Waals surface area (Å²) in [7, 11) is 0. The molecule has 1 N–H and O–H groups in total. The Morgan fingerprint density at radius 2 is 1.13 bits per heavy atom. The first-order valence-corrected chi connectivity index (χ1v) is 8.51. The minimum absolute atomic E-state index is 0.393. The highest BCUT2D eigenvalue weighted by atomic mass is 35.5. The van der Waals surface area contributed by atoms with Crippen molar-refractivity contribution in [1.29, 1.82) is 0 Å². The summed E-state index contributed by atoms with van der Waals surface area (Å²) in [6.45, 7) is 0. The first kappa shape index (κ1) is 23.7. The zero-order chi connectivity index (χ0) is 23.1. The molecule has 0 radical (unpaired) electrons. The van der Waals surface area contributed by atoms with E-state index in [-0.39, 0.29) is 0 Å². The van der Waals surface area contributed by atoms with E-state index in [0.29, 0.717) is 12.1 Å². The van der Waals surface area contributed by atoms with E-state index in [1.54, 1.807) is 0 Å². The Hall–Kier alpha value is -2.61. The average molecular weight is 510 g/mol. The Morgan fingerprint density at radius 1 is 0.733 bits per heavy atom. The van der Waals surface area contributed by atoms with Gasteiger partial charge in [0.25, 0.3) is 5.69 Å². The summed E-state index contributed by atoms with van der Waals surface area (Å²) >= 11 is 22.8. The van der Waals surface area contributed by atoms with Gasteiger partial charge in [0.1, 0.15) is 0 Å². The number of anilines is 2. The maximum atomic E-state index is 13.1. The van der Waals surface area contributed by atoms with Gasteiger partial charge < -0.3 is 5.32 Å². The van der Waals surface area contributed by atoms with Gasteiger partial charge >= 0.3 is 17.6 Å². The number of hydrogen-bond acceptors (Lipinski definition) is 7. The Bertz CT molecular complexity index is 1050. The number of nitrogens with one attached hydrogen (secondary N) is 1. The van der Waals surface area contributed by atoms with E-state index < -0.39 is 75.0 Å². The summed E-state index contributed by atoms with van der Waals surface area (Å²) in [5, 5.41) is 31.5. The Kier molecular flexibility index (Phi) is 6.51. The van der Waals surface area contributed by atoms with E-state index in [1.807, 2.05) is 0 Å². The number of nitro benzene ring substituents is 3. The second kappa shape index (κ2) is 8.26. The van der Waals surface area contributed by atoms with Crippen molar-refractivity contribution >= 4 is 74.8 Å². The van der Waals surface area contributed by atoms with Gasteiger partial charge in [0, 0.05) is 0 Å². The average Bonchev–Trinajstić information content (AvgIpc) is 2.61. The van der Waals surface area contributed by atoms with Gasteiger partial charge in [-0.25, -0.2) is 0 Å². The van der Waals surface area contributed by atoms with E-state index >= 15 is 0 Å². The SMILES string of the molecule is O=[N+]([O-])c1cc([N+](=O)[O-])c(Nc2c(Cl)c(Cl)c(C(F)(F)F)c(Cl)c2Cl)c([N+](=O)[O-])c1. The van der Waals surface area contributed by atoms with Crippen LogP contribution in [0, 0.1) is 30.3 Å².